The number of halogens is 1. The molecule has 2 aromatic rings. The first-order valence-electron chi connectivity index (χ1n) is 7.48. The molecule has 1 fully saturated rings. The normalized spacial score (nSPS) is 16.3. The van der Waals surface area contributed by atoms with Crippen LogP contribution in [0.3, 0.4) is 0 Å². The van der Waals surface area contributed by atoms with Crippen LogP contribution in [0.4, 0.5) is 4.39 Å². The lowest BCUT2D eigenvalue weighted by atomic mass is 10.2. The maximum absolute atomic E-state index is 13.2. The molecule has 0 bridgehead atoms. The average Bonchev–Trinajstić information content (AvgIpc) is 3.08. The number of hydrogen-bond acceptors (Lipinski definition) is 4. The molecule has 0 saturated carbocycles. The Labute approximate surface area is 139 Å². The van der Waals surface area contributed by atoms with E-state index in [0.717, 1.165) is 6.07 Å². The second-order valence-corrected chi connectivity index (χ2v) is 7.49. The van der Waals surface area contributed by atoms with Crippen molar-refractivity contribution in [2.45, 2.75) is 11.8 Å². The van der Waals surface area contributed by atoms with Gasteiger partial charge in [0.1, 0.15) is 5.82 Å². The first-order valence-corrected chi connectivity index (χ1v) is 8.92. The second kappa shape index (κ2) is 6.37. The zero-order valence-electron chi connectivity index (χ0n) is 13.1. The number of benzene rings is 1. The van der Waals surface area contributed by atoms with Crippen molar-refractivity contribution in [3.63, 3.8) is 0 Å². The Bertz CT molecular complexity index is 841. The molecule has 1 amide bonds. The monoisotopic (exact) mass is 352 g/mol. The summed E-state index contributed by atoms with van der Waals surface area (Å²) in [6, 6.07) is 6.82. The molecular weight excluding hydrogens is 335 g/mol. The van der Waals surface area contributed by atoms with Gasteiger partial charge in [-0.2, -0.15) is 4.31 Å². The summed E-state index contributed by atoms with van der Waals surface area (Å²) < 4.78 is 45.0. The lowest BCUT2D eigenvalue weighted by Crippen LogP contribution is -2.50. The molecule has 2 heterocycles. The van der Waals surface area contributed by atoms with E-state index in [1.165, 1.54) is 22.7 Å². The number of carbonyl (C=O) groups is 1. The summed E-state index contributed by atoms with van der Waals surface area (Å²) in [6.45, 7) is 2.49. The molecule has 24 heavy (non-hydrogen) atoms. The van der Waals surface area contributed by atoms with Crippen LogP contribution < -0.4 is 0 Å². The van der Waals surface area contributed by atoms with E-state index in [0.29, 0.717) is 5.56 Å². The van der Waals surface area contributed by atoms with E-state index >= 15 is 0 Å². The van der Waals surface area contributed by atoms with E-state index < -0.39 is 15.8 Å². The molecule has 1 saturated heterocycles. The van der Waals surface area contributed by atoms with Gasteiger partial charge in [0.15, 0.2) is 5.76 Å². The molecule has 128 valence electrons. The maximum Gasteiger partial charge on any atom is 0.289 e. The Kier molecular flexibility index (Phi) is 4.42. The van der Waals surface area contributed by atoms with E-state index in [4.69, 9.17) is 4.42 Å². The van der Waals surface area contributed by atoms with Gasteiger partial charge in [0.25, 0.3) is 5.91 Å². The predicted octanol–water partition coefficient (Wildman–Crippen LogP) is 1.87. The highest BCUT2D eigenvalue weighted by Gasteiger charge is 2.31. The Morgan fingerprint density at radius 3 is 2.46 bits per heavy atom. The summed E-state index contributed by atoms with van der Waals surface area (Å²) in [4.78, 5) is 13.9. The van der Waals surface area contributed by atoms with Crippen molar-refractivity contribution < 1.29 is 22.0 Å². The number of hydrogen-bond donors (Lipinski definition) is 0. The van der Waals surface area contributed by atoms with Crippen LogP contribution in [-0.4, -0.2) is 49.7 Å². The van der Waals surface area contributed by atoms with Gasteiger partial charge in [-0.1, -0.05) is 0 Å². The van der Waals surface area contributed by atoms with Crippen molar-refractivity contribution in [1.82, 2.24) is 9.21 Å². The zero-order valence-corrected chi connectivity index (χ0v) is 13.9. The molecule has 1 aliphatic rings. The minimum Gasteiger partial charge on any atom is -0.459 e. The molecule has 1 aromatic carbocycles. The molecular formula is C16H17FN2O4S. The van der Waals surface area contributed by atoms with E-state index in [-0.39, 0.29) is 42.7 Å². The van der Waals surface area contributed by atoms with Gasteiger partial charge in [-0.25, -0.2) is 12.8 Å². The van der Waals surface area contributed by atoms with Gasteiger partial charge in [-0.05, 0) is 42.8 Å². The van der Waals surface area contributed by atoms with Gasteiger partial charge in [-0.15, -0.1) is 0 Å². The molecule has 0 N–H and O–H groups in total. The number of aryl methyl sites for hydroxylation is 1. The van der Waals surface area contributed by atoms with E-state index in [2.05, 4.69) is 0 Å². The number of furan rings is 1. The van der Waals surface area contributed by atoms with Crippen LogP contribution in [0.2, 0.25) is 0 Å². The molecule has 0 unspecified atom stereocenters. The first-order chi connectivity index (χ1) is 11.4. The Morgan fingerprint density at radius 2 is 1.88 bits per heavy atom. The maximum atomic E-state index is 13.2. The SMILES string of the molecule is Cc1cc(F)ccc1S(=O)(=O)N1CCN(C(=O)c2ccco2)CC1. The predicted molar refractivity (Wildman–Crippen MR) is 84.5 cm³/mol. The van der Waals surface area contributed by atoms with Gasteiger partial charge in [-0.3, -0.25) is 4.79 Å². The summed E-state index contributed by atoms with van der Waals surface area (Å²) in [5.41, 5.74) is 0.365. The minimum absolute atomic E-state index is 0.0923. The Balaban J connectivity index is 1.73. The molecule has 0 radical (unpaired) electrons. The van der Waals surface area contributed by atoms with Crippen LogP contribution >= 0.6 is 0 Å². The fraction of sp³-hybridized carbons (Fsp3) is 0.312. The molecule has 1 aliphatic heterocycles. The highest BCUT2D eigenvalue weighted by molar-refractivity contribution is 7.89. The fourth-order valence-electron chi connectivity index (χ4n) is 2.73. The van der Waals surface area contributed by atoms with Gasteiger partial charge in [0, 0.05) is 26.2 Å². The molecule has 0 atom stereocenters. The molecule has 0 spiro atoms. The summed E-state index contributed by atoms with van der Waals surface area (Å²) in [6.07, 6.45) is 1.42. The average molecular weight is 352 g/mol. The van der Waals surface area contributed by atoms with Crippen LogP contribution in [0.15, 0.2) is 45.9 Å². The number of piperazine rings is 1. The van der Waals surface area contributed by atoms with Crippen molar-refractivity contribution in [3.8, 4) is 0 Å². The number of nitrogens with zero attached hydrogens (tertiary/aromatic N) is 2. The quantitative estimate of drug-likeness (QED) is 0.846. The molecule has 3 rings (SSSR count). The van der Waals surface area contributed by atoms with Crippen molar-refractivity contribution in [2.24, 2.45) is 0 Å². The van der Waals surface area contributed by atoms with Crippen molar-refractivity contribution in [3.05, 3.63) is 53.7 Å². The first kappa shape index (κ1) is 16.7. The van der Waals surface area contributed by atoms with E-state index in [1.807, 2.05) is 0 Å². The second-order valence-electron chi connectivity index (χ2n) is 5.58. The number of rotatable bonds is 3. The third-order valence-electron chi connectivity index (χ3n) is 4.01. The van der Waals surface area contributed by atoms with Crippen LogP contribution in [0.5, 0.6) is 0 Å². The summed E-state index contributed by atoms with van der Waals surface area (Å²) in [5, 5.41) is 0. The van der Waals surface area contributed by atoms with Crippen LogP contribution in [0.1, 0.15) is 16.1 Å². The summed E-state index contributed by atoms with van der Waals surface area (Å²) >= 11 is 0. The third kappa shape index (κ3) is 3.07. The lowest BCUT2D eigenvalue weighted by Gasteiger charge is -2.33. The topological polar surface area (TPSA) is 70.8 Å². The van der Waals surface area contributed by atoms with Crippen molar-refractivity contribution in [1.29, 1.82) is 0 Å². The molecule has 8 heteroatoms. The van der Waals surface area contributed by atoms with Crippen LogP contribution in [0.25, 0.3) is 0 Å². The van der Waals surface area contributed by atoms with Gasteiger partial charge in [0.05, 0.1) is 11.2 Å². The van der Waals surface area contributed by atoms with Crippen LogP contribution in [-0.2, 0) is 10.0 Å². The Morgan fingerprint density at radius 1 is 1.17 bits per heavy atom. The summed E-state index contributed by atoms with van der Waals surface area (Å²) in [5.74, 6) is -0.490. The van der Waals surface area contributed by atoms with Crippen molar-refractivity contribution >= 4 is 15.9 Å². The highest BCUT2D eigenvalue weighted by Crippen LogP contribution is 2.22. The number of carbonyl (C=O) groups excluding carboxylic acids is 1. The molecule has 0 aliphatic carbocycles. The summed E-state index contributed by atoms with van der Waals surface area (Å²) in [7, 11) is -3.71. The highest BCUT2D eigenvalue weighted by atomic mass is 32.2. The third-order valence-corrected chi connectivity index (χ3v) is 6.07. The van der Waals surface area contributed by atoms with Crippen LogP contribution in [0, 0.1) is 12.7 Å². The van der Waals surface area contributed by atoms with Gasteiger partial charge in [0.2, 0.25) is 10.0 Å². The smallest absolute Gasteiger partial charge is 0.289 e. The largest absolute Gasteiger partial charge is 0.459 e. The van der Waals surface area contributed by atoms with Crippen molar-refractivity contribution in [2.75, 3.05) is 26.2 Å². The number of amides is 1. The lowest BCUT2D eigenvalue weighted by molar-refractivity contribution is 0.0666. The van der Waals surface area contributed by atoms with Gasteiger partial charge < -0.3 is 9.32 Å². The standard InChI is InChI=1S/C16H17FN2O4S/c1-12-11-13(17)4-5-15(12)24(21,22)19-8-6-18(7-9-19)16(20)14-3-2-10-23-14/h2-5,10-11H,6-9H2,1H3. The zero-order chi connectivity index (χ0) is 17.3. The Hall–Kier alpha value is -2.19. The molecule has 6 nitrogen and oxygen atoms in total. The minimum atomic E-state index is -3.71. The molecule has 1 aromatic heterocycles. The number of sulfonamides is 1. The van der Waals surface area contributed by atoms with Gasteiger partial charge >= 0.3 is 0 Å². The van der Waals surface area contributed by atoms with E-state index in [1.54, 1.807) is 24.0 Å². The fourth-order valence-corrected chi connectivity index (χ4v) is 4.36. The van der Waals surface area contributed by atoms with E-state index in [9.17, 15) is 17.6 Å².